The lowest BCUT2D eigenvalue weighted by atomic mass is 10.0. The highest BCUT2D eigenvalue weighted by atomic mass is 32.1. The summed E-state index contributed by atoms with van der Waals surface area (Å²) >= 11 is 1.30. The summed E-state index contributed by atoms with van der Waals surface area (Å²) in [7, 11) is 0. The SMILES string of the molecule is NC(=O)OCCn1ccc(C(=O)NCC(=O)Nc2nc(-c3cccc(-c4ccncc4)c3)cs2)c1. The molecule has 0 aliphatic heterocycles. The number of nitrogens with one attached hydrogen (secondary N) is 2. The molecular formula is C24H22N6O4S. The van der Waals surface area contributed by atoms with Crippen molar-refractivity contribution in [1.29, 1.82) is 0 Å². The highest BCUT2D eigenvalue weighted by Gasteiger charge is 2.12. The van der Waals surface area contributed by atoms with Gasteiger partial charge in [-0.25, -0.2) is 9.78 Å². The number of pyridine rings is 1. The summed E-state index contributed by atoms with van der Waals surface area (Å²) in [6.45, 7) is 0.243. The Morgan fingerprint density at radius 1 is 1.06 bits per heavy atom. The van der Waals surface area contributed by atoms with Crippen molar-refractivity contribution < 1.29 is 19.1 Å². The maximum atomic E-state index is 12.3. The molecule has 4 rings (SSSR count). The van der Waals surface area contributed by atoms with Crippen LogP contribution < -0.4 is 16.4 Å². The van der Waals surface area contributed by atoms with Crippen LogP contribution in [0, 0.1) is 0 Å². The highest BCUT2D eigenvalue weighted by Crippen LogP contribution is 2.28. The van der Waals surface area contributed by atoms with E-state index in [1.807, 2.05) is 41.8 Å². The van der Waals surface area contributed by atoms with Gasteiger partial charge in [-0.15, -0.1) is 11.3 Å². The lowest BCUT2D eigenvalue weighted by molar-refractivity contribution is -0.115. The summed E-state index contributed by atoms with van der Waals surface area (Å²) in [6, 6.07) is 13.4. The van der Waals surface area contributed by atoms with Crippen LogP contribution >= 0.6 is 11.3 Å². The maximum Gasteiger partial charge on any atom is 0.404 e. The fourth-order valence-electron chi connectivity index (χ4n) is 3.26. The second kappa shape index (κ2) is 11.1. The zero-order valence-electron chi connectivity index (χ0n) is 18.5. The van der Waals surface area contributed by atoms with Crippen molar-refractivity contribution in [2.24, 2.45) is 5.73 Å². The van der Waals surface area contributed by atoms with Crippen LogP contribution in [0.2, 0.25) is 0 Å². The van der Waals surface area contributed by atoms with Gasteiger partial charge in [0.15, 0.2) is 5.13 Å². The van der Waals surface area contributed by atoms with E-state index in [1.165, 1.54) is 11.3 Å². The van der Waals surface area contributed by atoms with Crippen molar-refractivity contribution >= 4 is 34.4 Å². The second-order valence-corrected chi connectivity index (χ2v) is 8.25. The van der Waals surface area contributed by atoms with E-state index in [0.717, 1.165) is 22.4 Å². The molecule has 0 spiro atoms. The Morgan fingerprint density at radius 2 is 1.86 bits per heavy atom. The van der Waals surface area contributed by atoms with Gasteiger partial charge in [0.2, 0.25) is 5.91 Å². The van der Waals surface area contributed by atoms with Gasteiger partial charge in [0.1, 0.15) is 6.61 Å². The van der Waals surface area contributed by atoms with Gasteiger partial charge in [0, 0.05) is 35.7 Å². The summed E-state index contributed by atoms with van der Waals surface area (Å²) in [5.41, 5.74) is 9.05. The number of ether oxygens (including phenoxy) is 1. The summed E-state index contributed by atoms with van der Waals surface area (Å²) < 4.78 is 6.34. The molecule has 10 nitrogen and oxygen atoms in total. The van der Waals surface area contributed by atoms with E-state index in [4.69, 9.17) is 5.73 Å². The predicted molar refractivity (Wildman–Crippen MR) is 132 cm³/mol. The van der Waals surface area contributed by atoms with Crippen molar-refractivity contribution in [3.63, 3.8) is 0 Å². The minimum absolute atomic E-state index is 0.0946. The van der Waals surface area contributed by atoms with Gasteiger partial charge < -0.3 is 25.7 Å². The number of nitrogens with two attached hydrogens (primary N) is 1. The Kier molecular flexibility index (Phi) is 7.48. The minimum atomic E-state index is -0.855. The van der Waals surface area contributed by atoms with E-state index < -0.39 is 12.0 Å². The number of nitrogens with zero attached hydrogens (tertiary/aromatic N) is 3. The first-order valence-electron chi connectivity index (χ1n) is 10.6. The largest absolute Gasteiger partial charge is 0.448 e. The van der Waals surface area contributed by atoms with Gasteiger partial charge in [0.25, 0.3) is 5.91 Å². The maximum absolute atomic E-state index is 12.3. The van der Waals surface area contributed by atoms with Crippen LogP contribution in [0.15, 0.2) is 72.6 Å². The molecule has 0 saturated heterocycles. The van der Waals surface area contributed by atoms with E-state index in [2.05, 4.69) is 25.3 Å². The Balaban J connectivity index is 1.29. The number of primary amides is 1. The molecule has 0 aliphatic carbocycles. The van der Waals surface area contributed by atoms with Gasteiger partial charge in [-0.2, -0.15) is 0 Å². The number of benzene rings is 1. The molecule has 0 aliphatic rings. The summed E-state index contributed by atoms with van der Waals surface area (Å²) in [5.74, 6) is -0.790. The van der Waals surface area contributed by atoms with E-state index in [9.17, 15) is 14.4 Å². The molecule has 0 fully saturated rings. The zero-order chi connectivity index (χ0) is 24.6. The number of thiazole rings is 1. The third-order valence-corrected chi connectivity index (χ3v) is 5.70. The monoisotopic (exact) mass is 490 g/mol. The Labute approximate surface area is 204 Å². The molecule has 3 heterocycles. The van der Waals surface area contributed by atoms with E-state index >= 15 is 0 Å². The lowest BCUT2D eigenvalue weighted by Crippen LogP contribution is -2.32. The zero-order valence-corrected chi connectivity index (χ0v) is 19.3. The predicted octanol–water partition coefficient (Wildman–Crippen LogP) is 3.14. The summed E-state index contributed by atoms with van der Waals surface area (Å²) in [5, 5.41) is 7.59. The van der Waals surface area contributed by atoms with Crippen LogP contribution in [-0.4, -0.2) is 45.6 Å². The van der Waals surface area contributed by atoms with E-state index in [-0.39, 0.29) is 19.1 Å². The number of hydrogen-bond donors (Lipinski definition) is 3. The number of carbonyl (C=O) groups is 3. The van der Waals surface area contributed by atoms with Crippen LogP contribution in [0.1, 0.15) is 10.4 Å². The third-order valence-electron chi connectivity index (χ3n) is 4.94. The Hall–Kier alpha value is -4.51. The number of amides is 3. The molecule has 178 valence electrons. The molecule has 1 aromatic carbocycles. The van der Waals surface area contributed by atoms with E-state index in [0.29, 0.717) is 17.2 Å². The number of aromatic nitrogens is 3. The highest BCUT2D eigenvalue weighted by molar-refractivity contribution is 7.14. The Morgan fingerprint density at radius 3 is 2.66 bits per heavy atom. The molecule has 11 heteroatoms. The molecule has 0 saturated carbocycles. The molecule has 3 aromatic heterocycles. The van der Waals surface area contributed by atoms with E-state index in [1.54, 1.807) is 35.4 Å². The topological polar surface area (TPSA) is 141 Å². The first-order valence-corrected chi connectivity index (χ1v) is 11.5. The number of hydrogen-bond acceptors (Lipinski definition) is 7. The summed E-state index contributed by atoms with van der Waals surface area (Å²) in [6.07, 6.45) is 5.89. The molecular weight excluding hydrogens is 468 g/mol. The standard InChI is InChI=1S/C24H22N6O4S/c25-23(33)34-11-10-30-9-6-19(14-30)22(32)27-13-21(31)29-24-28-20(15-35-24)18-3-1-2-17(12-18)16-4-7-26-8-5-16/h1-9,12,14-15H,10-11,13H2,(H2,25,33)(H,27,32)(H,28,29,31). The fourth-order valence-corrected chi connectivity index (χ4v) is 3.99. The van der Waals surface area contributed by atoms with Gasteiger partial charge in [0.05, 0.1) is 24.3 Å². The Bertz CT molecular complexity index is 1330. The normalized spacial score (nSPS) is 10.5. The second-order valence-electron chi connectivity index (χ2n) is 7.39. The summed E-state index contributed by atoms with van der Waals surface area (Å²) in [4.78, 5) is 43.8. The van der Waals surface area contributed by atoms with Crippen LogP contribution in [0.3, 0.4) is 0 Å². The number of rotatable bonds is 9. The molecule has 0 radical (unpaired) electrons. The molecule has 0 bridgehead atoms. The smallest absolute Gasteiger partial charge is 0.404 e. The van der Waals surface area contributed by atoms with Crippen molar-refractivity contribution in [3.8, 4) is 22.4 Å². The number of carbonyl (C=O) groups excluding carboxylic acids is 3. The molecule has 4 aromatic rings. The quantitative estimate of drug-likeness (QED) is 0.329. The fraction of sp³-hybridized carbons (Fsp3) is 0.125. The van der Waals surface area contributed by atoms with Gasteiger partial charge >= 0.3 is 6.09 Å². The average molecular weight is 491 g/mol. The molecule has 35 heavy (non-hydrogen) atoms. The van der Waals surface area contributed by atoms with Crippen molar-refractivity contribution in [2.75, 3.05) is 18.5 Å². The molecule has 4 N–H and O–H groups in total. The van der Waals surface area contributed by atoms with Crippen LogP contribution in [0.5, 0.6) is 0 Å². The molecule has 3 amide bonds. The van der Waals surface area contributed by atoms with Crippen LogP contribution in [0.4, 0.5) is 9.93 Å². The minimum Gasteiger partial charge on any atom is -0.448 e. The van der Waals surface area contributed by atoms with Crippen LogP contribution in [0.25, 0.3) is 22.4 Å². The van der Waals surface area contributed by atoms with Crippen molar-refractivity contribution in [2.45, 2.75) is 6.54 Å². The number of anilines is 1. The van der Waals surface area contributed by atoms with Gasteiger partial charge in [-0.1, -0.05) is 18.2 Å². The molecule has 0 unspecified atom stereocenters. The van der Waals surface area contributed by atoms with Crippen LogP contribution in [-0.2, 0) is 16.1 Å². The van der Waals surface area contributed by atoms with Crippen molar-refractivity contribution in [1.82, 2.24) is 19.9 Å². The molecule has 0 atom stereocenters. The third kappa shape index (κ3) is 6.51. The average Bonchev–Trinajstić information content (AvgIpc) is 3.53. The first-order chi connectivity index (χ1) is 17.0. The van der Waals surface area contributed by atoms with Gasteiger partial charge in [-0.05, 0) is 35.4 Å². The first kappa shape index (κ1) is 23.6. The van der Waals surface area contributed by atoms with Crippen molar-refractivity contribution in [3.05, 3.63) is 78.2 Å². The lowest BCUT2D eigenvalue weighted by Gasteiger charge is -2.05. The van der Waals surface area contributed by atoms with Gasteiger partial charge in [-0.3, -0.25) is 14.6 Å².